The second kappa shape index (κ2) is 8.28. The lowest BCUT2D eigenvalue weighted by Crippen LogP contribution is -2.28. The van der Waals surface area contributed by atoms with Gasteiger partial charge in [-0.3, -0.25) is 19.7 Å². The van der Waals surface area contributed by atoms with Gasteiger partial charge < -0.3 is 5.32 Å². The Morgan fingerprint density at radius 1 is 1.15 bits per heavy atom. The summed E-state index contributed by atoms with van der Waals surface area (Å²) in [6.07, 6.45) is 1.35. The summed E-state index contributed by atoms with van der Waals surface area (Å²) < 4.78 is 40.4. The largest absolute Gasteiger partial charge is 0.416 e. The molecule has 0 saturated heterocycles. The summed E-state index contributed by atoms with van der Waals surface area (Å²) in [7, 11) is 0. The van der Waals surface area contributed by atoms with E-state index in [0.29, 0.717) is 28.2 Å². The molecule has 0 aliphatic heterocycles. The highest BCUT2D eigenvalue weighted by atomic mass is 19.4. The highest BCUT2D eigenvalue weighted by molar-refractivity contribution is 5.95. The molecular weight excluding hydrogens is 431 g/mol. The molecule has 1 saturated carbocycles. The van der Waals surface area contributed by atoms with Gasteiger partial charge in [0.05, 0.1) is 28.6 Å². The van der Waals surface area contributed by atoms with E-state index in [0.717, 1.165) is 25.0 Å². The number of alkyl halides is 3. The van der Waals surface area contributed by atoms with E-state index in [1.807, 2.05) is 13.0 Å². The number of amides is 1. The molecule has 9 heteroatoms. The van der Waals surface area contributed by atoms with Crippen molar-refractivity contribution in [1.82, 2.24) is 20.3 Å². The molecule has 2 heterocycles. The van der Waals surface area contributed by atoms with E-state index in [-0.39, 0.29) is 11.0 Å². The number of pyridine rings is 1. The van der Waals surface area contributed by atoms with Gasteiger partial charge in [-0.25, -0.2) is 0 Å². The van der Waals surface area contributed by atoms with Gasteiger partial charge in [0.1, 0.15) is 11.8 Å². The van der Waals surface area contributed by atoms with E-state index in [9.17, 15) is 18.0 Å². The number of hydrogen-bond donors (Lipinski definition) is 1. The standard InChI is InChI=1S/C24H20F3N5O/c1-14(20-21(30-8-7-29-20)19-4-3-15(12-28)13-31-19)32-22(33)16-9-17(23(2)5-6-23)11-18(10-16)24(25,26)27/h3-4,7-11,13-14H,5-6H2,1-2H3,(H,32,33). The first-order valence-corrected chi connectivity index (χ1v) is 10.3. The van der Waals surface area contributed by atoms with Crippen molar-refractivity contribution in [3.05, 3.63) is 76.9 Å². The third kappa shape index (κ3) is 4.70. The molecular formula is C24H20F3N5O. The maximum absolute atomic E-state index is 13.5. The molecule has 33 heavy (non-hydrogen) atoms. The van der Waals surface area contributed by atoms with Crippen molar-refractivity contribution < 1.29 is 18.0 Å². The minimum atomic E-state index is -4.55. The molecule has 1 aliphatic rings. The van der Waals surface area contributed by atoms with Gasteiger partial charge in [0.2, 0.25) is 0 Å². The molecule has 0 bridgehead atoms. The molecule has 1 fully saturated rings. The van der Waals surface area contributed by atoms with Crippen LogP contribution in [0.25, 0.3) is 11.4 Å². The molecule has 1 N–H and O–H groups in total. The minimum Gasteiger partial charge on any atom is -0.344 e. The first kappa shape index (κ1) is 22.4. The fourth-order valence-corrected chi connectivity index (χ4v) is 3.56. The van der Waals surface area contributed by atoms with Crippen LogP contribution in [0.4, 0.5) is 13.2 Å². The van der Waals surface area contributed by atoms with E-state index in [2.05, 4.69) is 20.3 Å². The van der Waals surface area contributed by atoms with Crippen molar-refractivity contribution in [2.24, 2.45) is 0 Å². The number of nitriles is 1. The van der Waals surface area contributed by atoms with Gasteiger partial charge in [-0.05, 0) is 61.1 Å². The van der Waals surface area contributed by atoms with E-state index in [1.165, 1.54) is 24.7 Å². The summed E-state index contributed by atoms with van der Waals surface area (Å²) in [5.41, 5.74) is 0.943. The summed E-state index contributed by atoms with van der Waals surface area (Å²) in [5.74, 6) is -0.636. The Labute approximate surface area is 188 Å². The number of nitrogens with one attached hydrogen (secondary N) is 1. The van der Waals surface area contributed by atoms with E-state index in [1.54, 1.807) is 19.1 Å². The molecule has 3 aromatic rings. The summed E-state index contributed by atoms with van der Waals surface area (Å²) in [5, 5.41) is 11.7. The van der Waals surface area contributed by atoms with E-state index in [4.69, 9.17) is 5.26 Å². The van der Waals surface area contributed by atoms with Crippen molar-refractivity contribution in [2.75, 3.05) is 0 Å². The van der Waals surface area contributed by atoms with E-state index < -0.39 is 23.7 Å². The predicted molar refractivity (Wildman–Crippen MR) is 114 cm³/mol. The Bertz CT molecular complexity index is 1220. The zero-order valence-corrected chi connectivity index (χ0v) is 17.9. The second-order valence-electron chi connectivity index (χ2n) is 8.39. The van der Waals surface area contributed by atoms with Crippen LogP contribution in [0.15, 0.2) is 48.9 Å². The van der Waals surface area contributed by atoms with E-state index >= 15 is 0 Å². The van der Waals surface area contributed by atoms with Gasteiger partial charge in [0, 0.05) is 24.2 Å². The zero-order valence-electron chi connectivity index (χ0n) is 17.9. The maximum Gasteiger partial charge on any atom is 0.416 e. The van der Waals surface area contributed by atoms with Crippen LogP contribution in [0.5, 0.6) is 0 Å². The highest BCUT2D eigenvalue weighted by Gasteiger charge is 2.41. The number of halogens is 3. The van der Waals surface area contributed by atoms with Crippen LogP contribution in [0, 0.1) is 11.3 Å². The van der Waals surface area contributed by atoms with Crippen LogP contribution in [0.3, 0.4) is 0 Å². The molecule has 0 spiro atoms. The normalized spacial score (nSPS) is 15.4. The number of hydrogen-bond acceptors (Lipinski definition) is 5. The lowest BCUT2D eigenvalue weighted by atomic mass is 9.93. The number of carbonyl (C=O) groups excluding carboxylic acids is 1. The fraction of sp³-hybridized carbons (Fsp3) is 0.292. The quantitative estimate of drug-likeness (QED) is 0.591. The van der Waals surface area contributed by atoms with Crippen molar-refractivity contribution >= 4 is 5.91 Å². The average molecular weight is 451 g/mol. The SMILES string of the molecule is CC(NC(=O)c1cc(C(F)(F)F)cc(C2(C)CC2)c1)c1nccnc1-c1ccc(C#N)cn1. The number of aromatic nitrogens is 3. The topological polar surface area (TPSA) is 91.6 Å². The molecule has 1 unspecified atom stereocenters. The average Bonchev–Trinajstić information content (AvgIpc) is 3.56. The molecule has 1 aliphatic carbocycles. The van der Waals surface area contributed by atoms with Crippen molar-refractivity contribution in [1.29, 1.82) is 5.26 Å². The van der Waals surface area contributed by atoms with Crippen molar-refractivity contribution in [3.8, 4) is 17.5 Å². The second-order valence-corrected chi connectivity index (χ2v) is 8.39. The Balaban J connectivity index is 1.63. The van der Waals surface area contributed by atoms with Gasteiger partial charge in [-0.15, -0.1) is 0 Å². The summed E-state index contributed by atoms with van der Waals surface area (Å²) in [6, 6.07) is 8.07. The minimum absolute atomic E-state index is 0.0539. The van der Waals surface area contributed by atoms with Crippen LogP contribution in [-0.2, 0) is 11.6 Å². The summed E-state index contributed by atoms with van der Waals surface area (Å²) in [4.78, 5) is 25.8. The molecule has 2 aromatic heterocycles. The molecule has 6 nitrogen and oxygen atoms in total. The van der Waals surface area contributed by atoms with Crippen molar-refractivity contribution in [2.45, 2.75) is 44.3 Å². The van der Waals surface area contributed by atoms with Gasteiger partial charge in [-0.2, -0.15) is 18.4 Å². The first-order chi connectivity index (χ1) is 15.6. The molecule has 1 amide bonds. The predicted octanol–water partition coefficient (Wildman–Crippen LogP) is 4.97. The smallest absolute Gasteiger partial charge is 0.344 e. The van der Waals surface area contributed by atoms with Gasteiger partial charge in [-0.1, -0.05) is 6.92 Å². The first-order valence-electron chi connectivity index (χ1n) is 10.3. The number of carbonyl (C=O) groups is 1. The van der Waals surface area contributed by atoms with Gasteiger partial charge >= 0.3 is 6.18 Å². The molecule has 1 atom stereocenters. The van der Waals surface area contributed by atoms with Gasteiger partial charge in [0.25, 0.3) is 5.91 Å². The number of benzene rings is 1. The number of nitrogens with zero attached hydrogens (tertiary/aromatic N) is 4. The lowest BCUT2D eigenvalue weighted by molar-refractivity contribution is -0.137. The van der Waals surface area contributed by atoms with Crippen LogP contribution in [0.2, 0.25) is 0 Å². The van der Waals surface area contributed by atoms with Crippen LogP contribution in [0.1, 0.15) is 65.5 Å². The van der Waals surface area contributed by atoms with Crippen molar-refractivity contribution in [3.63, 3.8) is 0 Å². The van der Waals surface area contributed by atoms with Crippen LogP contribution in [-0.4, -0.2) is 20.9 Å². The molecule has 1 aromatic carbocycles. The third-order valence-corrected chi connectivity index (χ3v) is 5.84. The number of rotatable bonds is 5. The monoisotopic (exact) mass is 451 g/mol. The molecule has 0 radical (unpaired) electrons. The Kier molecular flexibility index (Phi) is 5.62. The Morgan fingerprint density at radius 3 is 2.48 bits per heavy atom. The zero-order chi connectivity index (χ0) is 23.8. The van der Waals surface area contributed by atoms with Gasteiger partial charge in [0.15, 0.2) is 0 Å². The summed E-state index contributed by atoms with van der Waals surface area (Å²) in [6.45, 7) is 3.56. The Hall–Kier alpha value is -3.80. The molecule has 4 rings (SSSR count). The summed E-state index contributed by atoms with van der Waals surface area (Å²) >= 11 is 0. The maximum atomic E-state index is 13.5. The fourth-order valence-electron chi connectivity index (χ4n) is 3.56. The Morgan fingerprint density at radius 2 is 1.88 bits per heavy atom. The third-order valence-electron chi connectivity index (χ3n) is 5.84. The lowest BCUT2D eigenvalue weighted by Gasteiger charge is -2.18. The van der Waals surface area contributed by atoms with Crippen LogP contribution < -0.4 is 5.32 Å². The van der Waals surface area contributed by atoms with Crippen LogP contribution >= 0.6 is 0 Å². The highest BCUT2D eigenvalue weighted by Crippen LogP contribution is 2.48. The molecule has 168 valence electrons.